The fourth-order valence-electron chi connectivity index (χ4n) is 1.54. The maximum absolute atomic E-state index is 9.94. The Balaban J connectivity index is 2.79. The van der Waals surface area contributed by atoms with Gasteiger partial charge in [0.25, 0.3) is 0 Å². The van der Waals surface area contributed by atoms with E-state index >= 15 is 0 Å². The summed E-state index contributed by atoms with van der Waals surface area (Å²) in [5, 5.41) is 19.7. The summed E-state index contributed by atoms with van der Waals surface area (Å²) >= 11 is 0. The molecule has 2 atom stereocenters. The number of aliphatic hydroxyl groups is 2. The summed E-state index contributed by atoms with van der Waals surface area (Å²) in [6.07, 6.45) is -1.12. The molecule has 0 saturated carbocycles. The molecule has 2 N–H and O–H groups in total. The van der Waals surface area contributed by atoms with E-state index in [1.54, 1.807) is 6.92 Å². The first-order valence-corrected chi connectivity index (χ1v) is 6.31. The van der Waals surface area contributed by atoms with Crippen LogP contribution in [-0.2, 0) is 0 Å². The molecule has 0 heterocycles. The van der Waals surface area contributed by atoms with E-state index in [4.69, 9.17) is 4.74 Å². The van der Waals surface area contributed by atoms with Crippen molar-refractivity contribution >= 4 is 0 Å². The van der Waals surface area contributed by atoms with Gasteiger partial charge in [0.1, 0.15) is 12.4 Å². The second kappa shape index (κ2) is 5.72. The van der Waals surface area contributed by atoms with Crippen molar-refractivity contribution < 1.29 is 14.9 Å². The van der Waals surface area contributed by atoms with Crippen LogP contribution in [0.1, 0.15) is 44.9 Å². The minimum Gasteiger partial charge on any atom is -0.490 e. The minimum atomic E-state index is -0.577. The molecule has 0 saturated heterocycles. The number of hydrogen-bond acceptors (Lipinski definition) is 3. The summed E-state index contributed by atoms with van der Waals surface area (Å²) in [4.78, 5) is 0. The van der Waals surface area contributed by atoms with E-state index in [0.717, 1.165) is 11.1 Å². The van der Waals surface area contributed by atoms with Crippen LogP contribution in [0.15, 0.2) is 18.2 Å². The Morgan fingerprint density at radius 1 is 1.22 bits per heavy atom. The molecule has 0 spiro atoms. The number of rotatable bonds is 4. The smallest absolute Gasteiger partial charge is 0.125 e. The van der Waals surface area contributed by atoms with Crippen molar-refractivity contribution in [3.63, 3.8) is 0 Å². The van der Waals surface area contributed by atoms with E-state index in [2.05, 4.69) is 0 Å². The van der Waals surface area contributed by atoms with E-state index in [9.17, 15) is 10.2 Å². The van der Waals surface area contributed by atoms with Crippen molar-refractivity contribution in [2.45, 2.75) is 46.8 Å². The summed E-state index contributed by atoms with van der Waals surface area (Å²) in [7, 11) is 0. The highest BCUT2D eigenvalue weighted by atomic mass is 16.5. The van der Waals surface area contributed by atoms with Crippen LogP contribution < -0.4 is 4.74 Å². The van der Waals surface area contributed by atoms with Crippen LogP contribution in [0.5, 0.6) is 5.75 Å². The van der Waals surface area contributed by atoms with Gasteiger partial charge in [0, 0.05) is 5.56 Å². The van der Waals surface area contributed by atoms with Gasteiger partial charge >= 0.3 is 0 Å². The first kappa shape index (κ1) is 15.0. The number of ether oxygens (including phenoxy) is 1. The molecule has 0 bridgehead atoms. The van der Waals surface area contributed by atoms with Crippen LogP contribution in [0.4, 0.5) is 0 Å². The van der Waals surface area contributed by atoms with Gasteiger partial charge in [0.05, 0.1) is 12.2 Å². The largest absolute Gasteiger partial charge is 0.490 e. The van der Waals surface area contributed by atoms with Crippen molar-refractivity contribution in [1.29, 1.82) is 0 Å². The molecule has 3 nitrogen and oxygen atoms in total. The predicted octanol–water partition coefficient (Wildman–Crippen LogP) is 2.83. The van der Waals surface area contributed by atoms with Gasteiger partial charge in [-0.2, -0.15) is 0 Å². The Kier molecular flexibility index (Phi) is 4.77. The quantitative estimate of drug-likeness (QED) is 0.866. The van der Waals surface area contributed by atoms with Gasteiger partial charge in [0.2, 0.25) is 0 Å². The maximum atomic E-state index is 9.94. The summed E-state index contributed by atoms with van der Waals surface area (Å²) < 4.78 is 5.63. The Morgan fingerprint density at radius 3 is 2.33 bits per heavy atom. The lowest BCUT2D eigenvalue weighted by Crippen LogP contribution is -2.32. The summed E-state index contributed by atoms with van der Waals surface area (Å²) in [5.41, 5.74) is 1.63. The molecule has 3 heteroatoms. The molecule has 0 fully saturated rings. The fraction of sp³-hybridized carbons (Fsp3) is 0.600. The molecule has 102 valence electrons. The molecule has 0 aliphatic carbocycles. The van der Waals surface area contributed by atoms with Crippen molar-refractivity contribution in [1.82, 2.24) is 0 Å². The van der Waals surface area contributed by atoms with Crippen LogP contribution in [0.2, 0.25) is 0 Å². The summed E-state index contributed by atoms with van der Waals surface area (Å²) in [6.45, 7) is 9.80. The maximum Gasteiger partial charge on any atom is 0.125 e. The van der Waals surface area contributed by atoms with Crippen LogP contribution in [-0.4, -0.2) is 22.9 Å². The highest BCUT2D eigenvalue weighted by Crippen LogP contribution is 2.27. The zero-order chi connectivity index (χ0) is 13.9. The van der Waals surface area contributed by atoms with Gasteiger partial charge in [-0.25, -0.2) is 0 Å². The Morgan fingerprint density at radius 2 is 1.83 bits per heavy atom. The molecule has 1 aromatic rings. The zero-order valence-electron chi connectivity index (χ0n) is 11.9. The standard InChI is InChI=1S/C15H24O3/c1-10-6-7-13(12(8-10)11(2)16)18-9-14(17)15(3,4)5/h6-8,11,14,16-17H,9H2,1-5H3. The van der Waals surface area contributed by atoms with Crippen LogP contribution >= 0.6 is 0 Å². The minimum absolute atomic E-state index is 0.213. The Labute approximate surface area is 109 Å². The molecule has 0 radical (unpaired) electrons. The highest BCUT2D eigenvalue weighted by Gasteiger charge is 2.23. The van der Waals surface area contributed by atoms with Crippen LogP contribution in [0, 0.1) is 12.3 Å². The highest BCUT2D eigenvalue weighted by molar-refractivity contribution is 5.38. The predicted molar refractivity (Wildman–Crippen MR) is 72.8 cm³/mol. The monoisotopic (exact) mass is 252 g/mol. The van der Waals surface area contributed by atoms with Gasteiger partial charge in [-0.3, -0.25) is 0 Å². The van der Waals surface area contributed by atoms with Crippen molar-refractivity contribution in [3.05, 3.63) is 29.3 Å². The van der Waals surface area contributed by atoms with Crippen molar-refractivity contribution in [2.75, 3.05) is 6.61 Å². The lowest BCUT2D eigenvalue weighted by molar-refractivity contribution is 0.0208. The van der Waals surface area contributed by atoms with E-state index in [1.807, 2.05) is 45.9 Å². The summed E-state index contributed by atoms with van der Waals surface area (Å²) in [5.74, 6) is 0.638. The third kappa shape index (κ3) is 4.00. The Hall–Kier alpha value is -1.06. The van der Waals surface area contributed by atoms with E-state index in [0.29, 0.717) is 5.75 Å². The molecular formula is C15H24O3. The molecule has 0 amide bonds. The second-order valence-electron chi connectivity index (χ2n) is 5.91. The lowest BCUT2D eigenvalue weighted by atomic mass is 9.90. The molecule has 0 aliphatic rings. The van der Waals surface area contributed by atoms with E-state index in [-0.39, 0.29) is 12.0 Å². The SMILES string of the molecule is Cc1ccc(OCC(O)C(C)(C)C)c(C(C)O)c1. The fourth-order valence-corrected chi connectivity index (χ4v) is 1.54. The molecule has 1 aromatic carbocycles. The number of benzene rings is 1. The van der Waals surface area contributed by atoms with Gasteiger partial charge < -0.3 is 14.9 Å². The third-order valence-electron chi connectivity index (χ3n) is 3.01. The normalized spacial score (nSPS) is 15.3. The topological polar surface area (TPSA) is 49.7 Å². The Bertz CT molecular complexity index is 391. The number of hydrogen-bond donors (Lipinski definition) is 2. The first-order valence-electron chi connectivity index (χ1n) is 6.31. The van der Waals surface area contributed by atoms with E-state index in [1.165, 1.54) is 0 Å². The van der Waals surface area contributed by atoms with Gasteiger partial charge in [-0.15, -0.1) is 0 Å². The van der Waals surface area contributed by atoms with Gasteiger partial charge in [0.15, 0.2) is 0 Å². The molecule has 2 unspecified atom stereocenters. The molecule has 0 aromatic heterocycles. The number of aliphatic hydroxyl groups excluding tert-OH is 2. The first-order chi connectivity index (χ1) is 8.21. The van der Waals surface area contributed by atoms with Crippen molar-refractivity contribution in [2.24, 2.45) is 5.41 Å². The third-order valence-corrected chi connectivity index (χ3v) is 3.01. The van der Waals surface area contributed by atoms with Gasteiger partial charge in [-0.1, -0.05) is 32.4 Å². The number of aryl methyl sites for hydroxylation is 1. The van der Waals surface area contributed by atoms with Crippen molar-refractivity contribution in [3.8, 4) is 5.75 Å². The molecular weight excluding hydrogens is 228 g/mol. The molecule has 18 heavy (non-hydrogen) atoms. The van der Waals surface area contributed by atoms with Gasteiger partial charge in [-0.05, 0) is 31.4 Å². The second-order valence-corrected chi connectivity index (χ2v) is 5.91. The zero-order valence-corrected chi connectivity index (χ0v) is 11.9. The van der Waals surface area contributed by atoms with E-state index < -0.39 is 12.2 Å². The molecule has 0 aliphatic heterocycles. The molecule has 1 rings (SSSR count). The lowest BCUT2D eigenvalue weighted by Gasteiger charge is -2.26. The van der Waals surface area contributed by atoms with Crippen LogP contribution in [0.25, 0.3) is 0 Å². The average molecular weight is 252 g/mol. The average Bonchev–Trinajstić information content (AvgIpc) is 2.25. The summed E-state index contributed by atoms with van der Waals surface area (Å²) in [6, 6.07) is 5.68. The van der Waals surface area contributed by atoms with Crippen LogP contribution in [0.3, 0.4) is 0 Å².